The van der Waals surface area contributed by atoms with Gasteiger partial charge in [0.15, 0.2) is 0 Å². The fourth-order valence-electron chi connectivity index (χ4n) is 3.50. The molecule has 1 saturated carbocycles. The van der Waals surface area contributed by atoms with E-state index in [4.69, 9.17) is 28.9 Å². The summed E-state index contributed by atoms with van der Waals surface area (Å²) < 4.78 is 0. The first-order valence-corrected chi connectivity index (χ1v) is 7.84. The minimum Gasteiger partial charge on any atom is -0.393 e. The van der Waals surface area contributed by atoms with Crippen LogP contribution in [-0.4, -0.2) is 40.5 Å². The smallest absolute Gasteiger partial charge is 0.218 e. The lowest BCUT2D eigenvalue weighted by Gasteiger charge is -2.43. The standard InChI is InChI=1S/C13H22Cl2N2O2/c14-9-1-2-10(18)12(13(9)15)7-3-4-17-8(5-7)6-11(16)19/h7-10,12-13,17-18H,1-6H2,(H2,16,19). The normalized spacial score (nSPS) is 43.9. The van der Waals surface area contributed by atoms with Gasteiger partial charge >= 0.3 is 0 Å². The van der Waals surface area contributed by atoms with E-state index in [1.165, 1.54) is 0 Å². The fourth-order valence-corrected chi connectivity index (χ4v) is 4.29. The Morgan fingerprint density at radius 1 is 1.32 bits per heavy atom. The Labute approximate surface area is 124 Å². The van der Waals surface area contributed by atoms with Gasteiger partial charge in [0.05, 0.1) is 16.9 Å². The number of carbonyl (C=O) groups is 1. The monoisotopic (exact) mass is 308 g/mol. The summed E-state index contributed by atoms with van der Waals surface area (Å²) in [5.74, 6) is 0.0417. The van der Waals surface area contributed by atoms with Crippen molar-refractivity contribution >= 4 is 29.1 Å². The van der Waals surface area contributed by atoms with Crippen molar-refractivity contribution in [3.63, 3.8) is 0 Å². The Bertz CT molecular complexity index is 330. The molecule has 2 fully saturated rings. The van der Waals surface area contributed by atoms with Crippen LogP contribution in [0, 0.1) is 11.8 Å². The number of hydrogen-bond donors (Lipinski definition) is 3. The molecule has 0 aromatic rings. The van der Waals surface area contributed by atoms with Crippen LogP contribution in [0.15, 0.2) is 0 Å². The van der Waals surface area contributed by atoms with Gasteiger partial charge in [-0.3, -0.25) is 4.79 Å². The first-order valence-electron chi connectivity index (χ1n) is 6.97. The van der Waals surface area contributed by atoms with Crippen LogP contribution < -0.4 is 11.1 Å². The van der Waals surface area contributed by atoms with Crippen LogP contribution >= 0.6 is 23.2 Å². The summed E-state index contributed by atoms with van der Waals surface area (Å²) >= 11 is 12.6. The lowest BCUT2D eigenvalue weighted by atomic mass is 9.72. The molecule has 1 aliphatic heterocycles. The molecule has 6 unspecified atom stereocenters. The van der Waals surface area contributed by atoms with E-state index in [1.54, 1.807) is 0 Å². The summed E-state index contributed by atoms with van der Waals surface area (Å²) in [4.78, 5) is 11.0. The Morgan fingerprint density at radius 3 is 2.74 bits per heavy atom. The van der Waals surface area contributed by atoms with Gasteiger partial charge in [0.1, 0.15) is 0 Å². The van der Waals surface area contributed by atoms with Crippen LogP contribution in [-0.2, 0) is 4.79 Å². The van der Waals surface area contributed by atoms with E-state index in [0.29, 0.717) is 18.8 Å². The Kier molecular flexibility index (Phi) is 5.35. The van der Waals surface area contributed by atoms with E-state index in [2.05, 4.69) is 5.32 Å². The van der Waals surface area contributed by atoms with E-state index >= 15 is 0 Å². The number of hydrogen-bond acceptors (Lipinski definition) is 3. The largest absolute Gasteiger partial charge is 0.393 e. The number of aliphatic hydroxyl groups is 1. The molecule has 1 amide bonds. The second-order valence-corrected chi connectivity index (χ2v) is 6.85. The Morgan fingerprint density at radius 2 is 2.05 bits per heavy atom. The van der Waals surface area contributed by atoms with Gasteiger partial charge in [-0.05, 0) is 38.1 Å². The molecule has 0 aromatic carbocycles. The molecule has 1 aliphatic carbocycles. The maximum atomic E-state index is 11.0. The lowest BCUT2D eigenvalue weighted by Crippen LogP contribution is -2.49. The number of alkyl halides is 2. The van der Waals surface area contributed by atoms with E-state index < -0.39 is 0 Å². The van der Waals surface area contributed by atoms with E-state index in [0.717, 1.165) is 25.8 Å². The van der Waals surface area contributed by atoms with E-state index in [9.17, 15) is 9.90 Å². The van der Waals surface area contributed by atoms with Crippen LogP contribution in [0.2, 0.25) is 0 Å². The quantitative estimate of drug-likeness (QED) is 0.686. The van der Waals surface area contributed by atoms with Crippen molar-refractivity contribution in [2.45, 2.75) is 55.0 Å². The molecule has 110 valence electrons. The summed E-state index contributed by atoms with van der Waals surface area (Å²) in [6.45, 7) is 0.836. The number of primary amides is 1. The van der Waals surface area contributed by atoms with Crippen molar-refractivity contribution in [3.05, 3.63) is 0 Å². The molecule has 2 aliphatic rings. The molecule has 4 nitrogen and oxygen atoms in total. The van der Waals surface area contributed by atoms with Crippen molar-refractivity contribution in [1.82, 2.24) is 5.32 Å². The van der Waals surface area contributed by atoms with Gasteiger partial charge in [-0.25, -0.2) is 0 Å². The molecule has 6 atom stereocenters. The van der Waals surface area contributed by atoms with Gasteiger partial charge in [-0.2, -0.15) is 0 Å². The van der Waals surface area contributed by atoms with Crippen molar-refractivity contribution in [2.75, 3.05) is 6.54 Å². The van der Waals surface area contributed by atoms with Crippen LogP contribution in [0.4, 0.5) is 0 Å². The van der Waals surface area contributed by atoms with Crippen LogP contribution in [0.5, 0.6) is 0 Å². The van der Waals surface area contributed by atoms with Gasteiger partial charge in [-0.1, -0.05) is 0 Å². The second kappa shape index (κ2) is 6.61. The number of halogens is 2. The van der Waals surface area contributed by atoms with Gasteiger partial charge in [0, 0.05) is 18.4 Å². The third-order valence-corrected chi connectivity index (χ3v) is 5.64. The van der Waals surface area contributed by atoms with E-state index in [-0.39, 0.29) is 34.7 Å². The summed E-state index contributed by atoms with van der Waals surface area (Å²) in [7, 11) is 0. The average Bonchev–Trinajstić information content (AvgIpc) is 2.34. The predicted octanol–water partition coefficient (Wildman–Crippen LogP) is 1.22. The summed E-state index contributed by atoms with van der Waals surface area (Å²) in [5, 5.41) is 13.3. The first-order chi connectivity index (χ1) is 8.99. The molecular formula is C13H22Cl2N2O2. The molecule has 1 heterocycles. The number of amides is 1. The molecular weight excluding hydrogens is 287 g/mol. The Balaban J connectivity index is 2.00. The minimum absolute atomic E-state index is 0.0235. The second-order valence-electron chi connectivity index (χ2n) is 5.79. The molecule has 0 radical (unpaired) electrons. The minimum atomic E-state index is -0.380. The molecule has 1 saturated heterocycles. The zero-order valence-electron chi connectivity index (χ0n) is 10.9. The number of aliphatic hydroxyl groups excluding tert-OH is 1. The van der Waals surface area contributed by atoms with Crippen molar-refractivity contribution in [3.8, 4) is 0 Å². The highest BCUT2D eigenvalue weighted by Crippen LogP contribution is 2.40. The lowest BCUT2D eigenvalue weighted by molar-refractivity contribution is -0.118. The molecule has 0 aromatic heterocycles. The first kappa shape index (κ1) is 15.4. The number of nitrogens with one attached hydrogen (secondary N) is 1. The number of nitrogens with two attached hydrogens (primary N) is 1. The Hall–Kier alpha value is -0.0300. The molecule has 6 heteroatoms. The SMILES string of the molecule is NC(=O)CC1CC(C2C(O)CCC(Cl)C2Cl)CCN1. The topological polar surface area (TPSA) is 75.4 Å². The van der Waals surface area contributed by atoms with Gasteiger partial charge < -0.3 is 16.2 Å². The number of rotatable bonds is 3. The van der Waals surface area contributed by atoms with Gasteiger partial charge in [0.25, 0.3) is 0 Å². The van der Waals surface area contributed by atoms with Gasteiger partial charge in [-0.15, -0.1) is 23.2 Å². The summed E-state index contributed by atoms with van der Waals surface area (Å²) in [5.41, 5.74) is 5.25. The molecule has 19 heavy (non-hydrogen) atoms. The summed E-state index contributed by atoms with van der Waals surface area (Å²) in [6.07, 6.45) is 3.24. The van der Waals surface area contributed by atoms with Crippen molar-refractivity contribution < 1.29 is 9.90 Å². The summed E-state index contributed by atoms with van der Waals surface area (Å²) in [6, 6.07) is 0.100. The van der Waals surface area contributed by atoms with E-state index in [1.807, 2.05) is 0 Å². The van der Waals surface area contributed by atoms with Crippen molar-refractivity contribution in [2.24, 2.45) is 17.6 Å². The maximum absolute atomic E-state index is 11.0. The molecule has 2 rings (SSSR count). The van der Waals surface area contributed by atoms with Crippen LogP contribution in [0.1, 0.15) is 32.1 Å². The van der Waals surface area contributed by atoms with Crippen molar-refractivity contribution in [1.29, 1.82) is 0 Å². The molecule has 4 N–H and O–H groups in total. The highest BCUT2D eigenvalue weighted by atomic mass is 35.5. The third-order valence-electron chi connectivity index (χ3n) is 4.42. The zero-order chi connectivity index (χ0) is 14.0. The van der Waals surface area contributed by atoms with Crippen LogP contribution in [0.3, 0.4) is 0 Å². The number of piperidine rings is 1. The molecule has 0 spiro atoms. The predicted molar refractivity (Wildman–Crippen MR) is 76.3 cm³/mol. The highest BCUT2D eigenvalue weighted by molar-refractivity contribution is 6.30. The fraction of sp³-hybridized carbons (Fsp3) is 0.923. The number of carbonyl (C=O) groups excluding carboxylic acids is 1. The highest BCUT2D eigenvalue weighted by Gasteiger charge is 2.42. The zero-order valence-corrected chi connectivity index (χ0v) is 12.4. The third kappa shape index (κ3) is 3.75. The van der Waals surface area contributed by atoms with Gasteiger partial charge in [0.2, 0.25) is 5.91 Å². The average molecular weight is 309 g/mol. The van der Waals surface area contributed by atoms with Crippen LogP contribution in [0.25, 0.3) is 0 Å². The maximum Gasteiger partial charge on any atom is 0.218 e. The molecule has 0 bridgehead atoms.